The average molecular weight is 473 g/mol. The van der Waals surface area contributed by atoms with Gasteiger partial charge < -0.3 is 38.0 Å². The third-order valence-corrected chi connectivity index (χ3v) is 14.0. The van der Waals surface area contributed by atoms with Crippen LogP contribution in [0.25, 0.3) is 0 Å². The Morgan fingerprint density at radius 1 is 0.552 bits per heavy atom. The summed E-state index contributed by atoms with van der Waals surface area (Å²) in [5, 5.41) is 0. The van der Waals surface area contributed by atoms with Crippen molar-refractivity contribution >= 4 is 29.4 Å². The Kier molecular flexibility index (Phi) is 17.3. The third-order valence-electron chi connectivity index (χ3n) is 4.05. The number of hydrogen-bond acceptors (Lipinski definition) is 9. The van der Waals surface area contributed by atoms with Crippen molar-refractivity contribution in [1.82, 2.24) is 0 Å². The normalized spacial score (nSPS) is 14.9. The highest BCUT2D eigenvalue weighted by Crippen LogP contribution is 2.37. The van der Waals surface area contributed by atoms with E-state index in [1.54, 1.807) is 11.8 Å². The second-order valence-corrected chi connectivity index (χ2v) is 13.9. The van der Waals surface area contributed by atoms with Gasteiger partial charge in [0, 0.05) is 39.6 Å². The second kappa shape index (κ2) is 17.1. The molecule has 176 valence electrons. The molecular formula is C18H44N2O6SSi2. The lowest BCUT2D eigenvalue weighted by molar-refractivity contribution is 0.0671. The molecule has 4 N–H and O–H groups in total. The average Bonchev–Trinajstić information content (AvgIpc) is 2.68. The second-order valence-electron chi connectivity index (χ2n) is 6.07. The van der Waals surface area contributed by atoms with Crippen molar-refractivity contribution < 1.29 is 26.6 Å². The molecule has 0 spiro atoms. The summed E-state index contributed by atoms with van der Waals surface area (Å²) in [4.78, 5) is -0.116. The molecule has 0 aliphatic heterocycles. The molecule has 0 radical (unpaired) electrons. The van der Waals surface area contributed by atoms with Crippen LogP contribution in [0.5, 0.6) is 0 Å². The number of nitrogens with two attached hydrogens (primary N) is 2. The first-order valence-corrected chi connectivity index (χ1v) is 15.4. The quantitative estimate of drug-likeness (QED) is 0.258. The van der Waals surface area contributed by atoms with Gasteiger partial charge in [0.05, 0.1) is 9.75 Å². The van der Waals surface area contributed by atoms with Crippen molar-refractivity contribution in [2.24, 2.45) is 11.5 Å². The molecule has 0 aromatic carbocycles. The van der Waals surface area contributed by atoms with Gasteiger partial charge in [-0.2, -0.15) is 0 Å². The SMILES string of the molecule is CCO[Si](OCC)(OCC)C(CCN)SC(CCN)[Si](OCC)(OCC)OCC. The Morgan fingerprint density at radius 3 is 0.966 bits per heavy atom. The molecule has 0 saturated heterocycles. The van der Waals surface area contributed by atoms with Crippen LogP contribution in [0.1, 0.15) is 54.4 Å². The lowest BCUT2D eigenvalue weighted by Gasteiger charge is -2.40. The minimum Gasteiger partial charge on any atom is -0.373 e. The van der Waals surface area contributed by atoms with E-state index < -0.39 is 17.6 Å². The molecule has 0 aliphatic rings. The smallest absolute Gasteiger partial charge is 0.373 e. The minimum absolute atomic E-state index is 0.0582. The predicted molar refractivity (Wildman–Crippen MR) is 124 cm³/mol. The summed E-state index contributed by atoms with van der Waals surface area (Å²) >= 11 is 1.71. The van der Waals surface area contributed by atoms with Gasteiger partial charge >= 0.3 is 17.6 Å². The van der Waals surface area contributed by atoms with Crippen molar-refractivity contribution in [2.75, 3.05) is 52.7 Å². The largest absolute Gasteiger partial charge is 0.514 e. The van der Waals surface area contributed by atoms with Crippen molar-refractivity contribution in [3.63, 3.8) is 0 Å². The maximum absolute atomic E-state index is 6.18. The van der Waals surface area contributed by atoms with Gasteiger partial charge in [0.2, 0.25) is 0 Å². The maximum atomic E-state index is 6.18. The molecule has 0 rings (SSSR count). The van der Waals surface area contributed by atoms with Gasteiger partial charge in [-0.3, -0.25) is 0 Å². The fraction of sp³-hybridized carbons (Fsp3) is 1.00. The van der Waals surface area contributed by atoms with E-state index in [4.69, 9.17) is 38.0 Å². The van der Waals surface area contributed by atoms with Gasteiger partial charge in [0.1, 0.15) is 0 Å². The van der Waals surface area contributed by atoms with E-state index in [2.05, 4.69) is 0 Å². The van der Waals surface area contributed by atoms with Crippen LogP contribution < -0.4 is 11.5 Å². The first-order valence-electron chi connectivity index (χ1n) is 10.9. The molecule has 2 unspecified atom stereocenters. The summed E-state index contributed by atoms with van der Waals surface area (Å²) in [6.07, 6.45) is 1.40. The monoisotopic (exact) mass is 472 g/mol. The summed E-state index contributed by atoms with van der Waals surface area (Å²) in [6.45, 7) is 15.8. The molecule has 0 amide bonds. The van der Waals surface area contributed by atoms with E-state index in [-0.39, 0.29) is 9.75 Å². The van der Waals surface area contributed by atoms with E-state index in [1.165, 1.54) is 0 Å². The van der Waals surface area contributed by atoms with Crippen LogP contribution in [0.4, 0.5) is 0 Å². The number of thioether (sulfide) groups is 1. The van der Waals surface area contributed by atoms with Crippen LogP contribution in [0.3, 0.4) is 0 Å². The van der Waals surface area contributed by atoms with Crippen LogP contribution in [0.2, 0.25) is 0 Å². The van der Waals surface area contributed by atoms with E-state index >= 15 is 0 Å². The number of rotatable bonds is 20. The maximum Gasteiger partial charge on any atom is 0.514 e. The first kappa shape index (κ1) is 29.5. The van der Waals surface area contributed by atoms with Crippen molar-refractivity contribution in [2.45, 2.75) is 64.1 Å². The van der Waals surface area contributed by atoms with Crippen LogP contribution in [0, 0.1) is 0 Å². The molecule has 0 aromatic heterocycles. The summed E-state index contributed by atoms with van der Waals surface area (Å²) in [5.74, 6) is 0. The minimum atomic E-state index is -2.99. The Morgan fingerprint density at radius 2 is 0.793 bits per heavy atom. The molecule has 8 nitrogen and oxygen atoms in total. The van der Waals surface area contributed by atoms with Crippen molar-refractivity contribution in [3.05, 3.63) is 0 Å². The highest BCUT2D eigenvalue weighted by molar-refractivity contribution is 8.03. The molecule has 0 fully saturated rings. The Balaban J connectivity index is 6.07. The first-order chi connectivity index (χ1) is 14.0. The topological polar surface area (TPSA) is 107 Å². The molecule has 2 atom stereocenters. The van der Waals surface area contributed by atoms with Gasteiger partial charge in [0.15, 0.2) is 0 Å². The molecule has 0 heterocycles. The zero-order valence-electron chi connectivity index (χ0n) is 19.2. The lowest BCUT2D eigenvalue weighted by atomic mass is 10.5. The third kappa shape index (κ3) is 9.23. The van der Waals surface area contributed by atoms with Crippen LogP contribution in [-0.4, -0.2) is 80.1 Å². The number of hydrogen-bond donors (Lipinski definition) is 2. The summed E-state index contributed by atoms with van der Waals surface area (Å²) < 4.78 is 37.1. The molecule has 0 aliphatic carbocycles. The van der Waals surface area contributed by atoms with Crippen LogP contribution in [-0.2, 0) is 26.6 Å². The molecule has 0 aromatic rings. The zero-order valence-corrected chi connectivity index (χ0v) is 22.1. The van der Waals surface area contributed by atoms with Gasteiger partial charge in [-0.05, 0) is 67.5 Å². The molecule has 11 heteroatoms. The lowest BCUT2D eigenvalue weighted by Crippen LogP contribution is -2.60. The van der Waals surface area contributed by atoms with Gasteiger partial charge in [-0.15, -0.1) is 11.8 Å². The van der Waals surface area contributed by atoms with E-state index in [1.807, 2.05) is 41.5 Å². The van der Waals surface area contributed by atoms with Crippen molar-refractivity contribution in [1.29, 1.82) is 0 Å². The fourth-order valence-corrected chi connectivity index (χ4v) is 13.1. The van der Waals surface area contributed by atoms with Gasteiger partial charge in [-0.1, -0.05) is 0 Å². The van der Waals surface area contributed by atoms with E-state index in [0.717, 1.165) is 0 Å². The molecule has 0 bridgehead atoms. The van der Waals surface area contributed by atoms with Crippen molar-refractivity contribution in [3.8, 4) is 0 Å². The summed E-state index contributed by atoms with van der Waals surface area (Å²) in [7, 11) is -5.98. The molecule has 0 saturated carbocycles. The highest BCUT2D eigenvalue weighted by Gasteiger charge is 2.56. The highest BCUT2D eigenvalue weighted by atomic mass is 32.2. The van der Waals surface area contributed by atoms with Crippen LogP contribution >= 0.6 is 11.8 Å². The molecular weight excluding hydrogens is 428 g/mol. The fourth-order valence-electron chi connectivity index (χ4n) is 3.17. The standard InChI is InChI=1S/C18H44N2O6SSi2/c1-7-21-28(22-8-2,23-9-3)17(13-15-19)27-18(14-16-20)29(24-10-4,25-11-5)26-12-6/h17-18H,7-16,19-20H2,1-6H3. The Hall–Kier alpha value is 0.464. The molecule has 29 heavy (non-hydrogen) atoms. The van der Waals surface area contributed by atoms with Crippen LogP contribution in [0.15, 0.2) is 0 Å². The predicted octanol–water partition coefficient (Wildman–Crippen LogP) is 2.33. The zero-order chi connectivity index (χ0) is 22.2. The van der Waals surface area contributed by atoms with Gasteiger partial charge in [0.25, 0.3) is 0 Å². The van der Waals surface area contributed by atoms with E-state index in [9.17, 15) is 0 Å². The van der Waals surface area contributed by atoms with Gasteiger partial charge in [-0.25, -0.2) is 0 Å². The summed E-state index contributed by atoms with van der Waals surface area (Å²) in [6, 6.07) is 0. The summed E-state index contributed by atoms with van der Waals surface area (Å²) in [5.41, 5.74) is 12.0. The Labute approximate surface area is 184 Å². The van der Waals surface area contributed by atoms with E-state index in [0.29, 0.717) is 65.6 Å². The Bertz CT molecular complexity index is 333.